The van der Waals surface area contributed by atoms with Crippen LogP contribution in [0.2, 0.25) is 0 Å². The fourth-order valence-corrected chi connectivity index (χ4v) is 4.88. The van der Waals surface area contributed by atoms with Crippen molar-refractivity contribution in [2.24, 2.45) is 0 Å². The van der Waals surface area contributed by atoms with Crippen LogP contribution in [0.4, 0.5) is 23.1 Å². The zero-order valence-electron chi connectivity index (χ0n) is 20.7. The van der Waals surface area contributed by atoms with E-state index in [1.165, 1.54) is 5.56 Å². The van der Waals surface area contributed by atoms with Gasteiger partial charge < -0.3 is 15.6 Å². The van der Waals surface area contributed by atoms with Gasteiger partial charge in [-0.2, -0.15) is 9.97 Å². The number of nitrogens with zero attached hydrogens (tertiary/aromatic N) is 5. The van der Waals surface area contributed by atoms with Gasteiger partial charge in [-0.15, -0.1) is 0 Å². The highest BCUT2D eigenvalue weighted by atomic mass is 16.6. The first-order chi connectivity index (χ1) is 17.4. The van der Waals surface area contributed by atoms with E-state index in [-0.39, 0.29) is 16.7 Å². The van der Waals surface area contributed by atoms with Gasteiger partial charge in [0.15, 0.2) is 11.5 Å². The van der Waals surface area contributed by atoms with Crippen LogP contribution in [0.25, 0.3) is 11.2 Å². The van der Waals surface area contributed by atoms with Crippen molar-refractivity contribution in [3.63, 3.8) is 0 Å². The van der Waals surface area contributed by atoms with E-state index in [9.17, 15) is 10.1 Å². The Kier molecular flexibility index (Phi) is 6.51. The van der Waals surface area contributed by atoms with Gasteiger partial charge in [-0.1, -0.05) is 29.8 Å². The highest BCUT2D eigenvalue weighted by Crippen LogP contribution is 2.29. The Morgan fingerprint density at radius 2 is 1.78 bits per heavy atom. The normalized spacial score (nSPS) is 14.8. The summed E-state index contributed by atoms with van der Waals surface area (Å²) in [4.78, 5) is 29.8. The molecule has 0 aliphatic carbocycles. The molecular weight excluding hydrogens is 456 g/mol. The predicted octanol–water partition coefficient (Wildman–Crippen LogP) is 5.01. The molecule has 36 heavy (non-hydrogen) atoms. The van der Waals surface area contributed by atoms with Crippen molar-refractivity contribution in [3.8, 4) is 0 Å². The van der Waals surface area contributed by atoms with Crippen LogP contribution in [0.15, 0.2) is 42.7 Å². The highest BCUT2D eigenvalue weighted by Gasteiger charge is 2.21. The van der Waals surface area contributed by atoms with Crippen LogP contribution in [0.5, 0.6) is 0 Å². The second kappa shape index (κ2) is 9.90. The van der Waals surface area contributed by atoms with Crippen LogP contribution in [0.1, 0.15) is 35.1 Å². The zero-order chi connectivity index (χ0) is 25.2. The fraction of sp³-hybridized carbons (Fsp3) is 0.346. The number of aryl methyl sites for hydroxylation is 3. The van der Waals surface area contributed by atoms with Crippen molar-refractivity contribution in [2.75, 3.05) is 23.7 Å². The Morgan fingerprint density at radius 3 is 2.44 bits per heavy atom. The van der Waals surface area contributed by atoms with E-state index in [1.54, 1.807) is 18.5 Å². The lowest BCUT2D eigenvalue weighted by Gasteiger charge is -2.32. The summed E-state index contributed by atoms with van der Waals surface area (Å²) in [5.74, 6) is 1.26. The number of imidazole rings is 1. The van der Waals surface area contributed by atoms with Crippen molar-refractivity contribution in [2.45, 2.75) is 46.2 Å². The Bertz CT molecular complexity index is 1370. The number of nitro groups is 1. The molecule has 0 radical (unpaired) electrons. The lowest BCUT2D eigenvalue weighted by molar-refractivity contribution is -0.384. The molecule has 2 aromatic heterocycles. The predicted molar refractivity (Wildman–Crippen MR) is 141 cm³/mol. The average Bonchev–Trinajstić information content (AvgIpc) is 3.32. The molecule has 0 unspecified atom stereocenters. The average molecular weight is 487 g/mol. The Labute approximate surface area is 209 Å². The maximum absolute atomic E-state index is 10.9. The first-order valence-electron chi connectivity index (χ1n) is 12.1. The molecule has 3 heterocycles. The molecule has 4 aromatic rings. The van der Waals surface area contributed by atoms with Gasteiger partial charge in [0, 0.05) is 43.5 Å². The lowest BCUT2D eigenvalue weighted by atomic mass is 10.0. The number of fused-ring (bicyclic) bond motifs is 1. The Balaban J connectivity index is 1.25. The van der Waals surface area contributed by atoms with Crippen LogP contribution in [0.3, 0.4) is 0 Å². The van der Waals surface area contributed by atoms with E-state index >= 15 is 0 Å². The maximum Gasteiger partial charge on any atom is 0.269 e. The summed E-state index contributed by atoms with van der Waals surface area (Å²) in [7, 11) is 0. The van der Waals surface area contributed by atoms with Gasteiger partial charge in [0.05, 0.1) is 11.3 Å². The van der Waals surface area contributed by atoms with Gasteiger partial charge in [-0.05, 0) is 50.3 Å². The number of H-pyrrole nitrogens is 1. The molecule has 0 saturated carbocycles. The van der Waals surface area contributed by atoms with Gasteiger partial charge in [0.2, 0.25) is 5.95 Å². The Morgan fingerprint density at radius 1 is 1.08 bits per heavy atom. The molecular formula is C26H30N8O2. The highest BCUT2D eigenvalue weighted by molar-refractivity contribution is 5.87. The standard InChI is InChI=1S/C26H30N8O2/c1-16-12-17(2)22(18(3)13-16)30-25-23-24(28-15-27-23)31-26(32-25)29-20-8-10-33(11-9-20)14-19-4-6-21(7-5-19)34(35)36/h4-7,12-13,15,20H,8-11,14H2,1-3H3,(H3,27,28,29,30,31,32). The number of piperidine rings is 1. The number of benzene rings is 2. The molecule has 5 rings (SSSR count). The molecule has 2 aromatic carbocycles. The number of hydrogen-bond acceptors (Lipinski definition) is 8. The summed E-state index contributed by atoms with van der Waals surface area (Å²) in [6.07, 6.45) is 3.54. The molecule has 0 amide bonds. The molecule has 10 heteroatoms. The van der Waals surface area contributed by atoms with Gasteiger partial charge >= 0.3 is 0 Å². The summed E-state index contributed by atoms with van der Waals surface area (Å²) in [6.45, 7) is 8.91. The topological polar surface area (TPSA) is 125 Å². The largest absolute Gasteiger partial charge is 0.351 e. The number of nitrogens with one attached hydrogen (secondary N) is 3. The molecule has 0 bridgehead atoms. The molecule has 0 spiro atoms. The maximum atomic E-state index is 10.9. The minimum atomic E-state index is -0.368. The molecule has 186 valence electrons. The lowest BCUT2D eigenvalue weighted by Crippen LogP contribution is -2.39. The first-order valence-corrected chi connectivity index (χ1v) is 12.1. The van der Waals surface area contributed by atoms with Gasteiger partial charge in [0.1, 0.15) is 5.52 Å². The molecule has 1 saturated heterocycles. The van der Waals surface area contributed by atoms with Crippen LogP contribution in [-0.4, -0.2) is 48.9 Å². The van der Waals surface area contributed by atoms with Crippen molar-refractivity contribution >= 4 is 34.3 Å². The third-order valence-corrected chi connectivity index (χ3v) is 6.68. The van der Waals surface area contributed by atoms with Crippen molar-refractivity contribution in [3.05, 3.63) is 75.1 Å². The first kappa shape index (κ1) is 23.7. The second-order valence-electron chi connectivity index (χ2n) is 9.51. The molecule has 1 aliphatic rings. The molecule has 1 aliphatic heterocycles. The van der Waals surface area contributed by atoms with Crippen LogP contribution >= 0.6 is 0 Å². The van der Waals surface area contributed by atoms with Gasteiger partial charge in [-0.3, -0.25) is 15.0 Å². The van der Waals surface area contributed by atoms with E-state index < -0.39 is 0 Å². The summed E-state index contributed by atoms with van der Waals surface area (Å²) in [6, 6.07) is 11.4. The minimum absolute atomic E-state index is 0.122. The van der Waals surface area contributed by atoms with Gasteiger partial charge in [-0.25, -0.2) is 4.98 Å². The summed E-state index contributed by atoms with van der Waals surface area (Å²) >= 11 is 0. The number of aromatic nitrogens is 4. The fourth-order valence-electron chi connectivity index (χ4n) is 4.88. The Hall–Kier alpha value is -4.05. The van der Waals surface area contributed by atoms with Crippen molar-refractivity contribution < 1.29 is 4.92 Å². The molecule has 1 fully saturated rings. The van der Waals surface area contributed by atoms with Crippen molar-refractivity contribution in [1.82, 2.24) is 24.8 Å². The molecule has 3 N–H and O–H groups in total. The summed E-state index contributed by atoms with van der Waals surface area (Å²) in [5.41, 5.74) is 7.19. The van der Waals surface area contributed by atoms with Crippen LogP contribution in [0, 0.1) is 30.9 Å². The number of hydrogen-bond donors (Lipinski definition) is 3. The van der Waals surface area contributed by atoms with E-state index in [4.69, 9.17) is 4.98 Å². The van der Waals surface area contributed by atoms with E-state index in [1.807, 2.05) is 12.1 Å². The third kappa shape index (κ3) is 5.13. The second-order valence-corrected chi connectivity index (χ2v) is 9.51. The summed E-state index contributed by atoms with van der Waals surface area (Å²) in [5, 5.41) is 17.9. The quantitative estimate of drug-likeness (QED) is 0.246. The zero-order valence-corrected chi connectivity index (χ0v) is 20.7. The van der Waals surface area contributed by atoms with Crippen molar-refractivity contribution in [1.29, 1.82) is 0 Å². The van der Waals surface area contributed by atoms with E-state index in [0.29, 0.717) is 17.4 Å². The number of aromatic amines is 1. The smallest absolute Gasteiger partial charge is 0.269 e. The molecule has 0 atom stereocenters. The minimum Gasteiger partial charge on any atom is -0.351 e. The molecule has 10 nitrogen and oxygen atoms in total. The SMILES string of the molecule is Cc1cc(C)c(Nc2nc(NC3CCN(Cc4ccc([N+](=O)[O-])cc4)CC3)nc3nc[nH]c23)c(C)c1. The number of anilines is 3. The number of non-ortho nitro benzene ring substituents is 1. The summed E-state index contributed by atoms with van der Waals surface area (Å²) < 4.78 is 0. The van der Waals surface area contributed by atoms with Gasteiger partial charge in [0.25, 0.3) is 5.69 Å². The monoisotopic (exact) mass is 486 g/mol. The van der Waals surface area contributed by atoms with Crippen LogP contribution < -0.4 is 10.6 Å². The van der Waals surface area contributed by atoms with Crippen LogP contribution in [-0.2, 0) is 6.54 Å². The van der Waals surface area contributed by atoms with E-state index in [2.05, 4.69) is 63.4 Å². The van der Waals surface area contributed by atoms with E-state index in [0.717, 1.165) is 60.4 Å². The number of nitro benzene ring substituents is 1. The number of rotatable bonds is 7. The third-order valence-electron chi connectivity index (χ3n) is 6.68. The number of likely N-dealkylation sites (tertiary alicyclic amines) is 1.